The van der Waals surface area contributed by atoms with Gasteiger partial charge in [0.1, 0.15) is 0 Å². The maximum Gasteiger partial charge on any atom is 0.336 e. The number of aryl methyl sites for hydroxylation is 1. The molecule has 0 saturated heterocycles. The summed E-state index contributed by atoms with van der Waals surface area (Å²) in [5.74, 6) is -0.926. The van der Waals surface area contributed by atoms with Crippen molar-refractivity contribution in [1.29, 1.82) is 0 Å². The Morgan fingerprint density at radius 1 is 1.03 bits per heavy atom. The van der Waals surface area contributed by atoms with E-state index in [1.165, 1.54) is 0 Å². The zero-order valence-corrected chi connectivity index (χ0v) is 19.6. The molecule has 1 unspecified atom stereocenters. The summed E-state index contributed by atoms with van der Waals surface area (Å²) in [5.41, 5.74) is 5.37. The Morgan fingerprint density at radius 3 is 2.34 bits per heavy atom. The van der Waals surface area contributed by atoms with Crippen molar-refractivity contribution < 1.29 is 9.90 Å². The van der Waals surface area contributed by atoms with E-state index in [9.17, 15) is 14.7 Å². The van der Waals surface area contributed by atoms with Gasteiger partial charge in [-0.3, -0.25) is 9.13 Å². The molecule has 0 amide bonds. The van der Waals surface area contributed by atoms with E-state index in [0.29, 0.717) is 17.7 Å². The fourth-order valence-corrected chi connectivity index (χ4v) is 4.33. The summed E-state index contributed by atoms with van der Waals surface area (Å²) >= 11 is 0. The average molecular weight is 435 g/mol. The van der Waals surface area contributed by atoms with Crippen LogP contribution in [0.4, 0.5) is 0 Å². The van der Waals surface area contributed by atoms with E-state index in [2.05, 4.69) is 27.7 Å². The molecule has 0 radical (unpaired) electrons. The van der Waals surface area contributed by atoms with Crippen LogP contribution in [0.3, 0.4) is 0 Å². The molecule has 0 aliphatic carbocycles. The molecule has 5 heteroatoms. The molecule has 170 valence electrons. The fourth-order valence-electron chi connectivity index (χ4n) is 4.33. The molecule has 3 aromatic rings. The molecule has 0 aliphatic heterocycles. The Bertz CT molecular complexity index is 1120. The van der Waals surface area contributed by atoms with Crippen LogP contribution in [-0.2, 0) is 19.4 Å². The second-order valence-corrected chi connectivity index (χ2v) is 8.49. The van der Waals surface area contributed by atoms with Gasteiger partial charge in [-0.2, -0.15) is 0 Å². The van der Waals surface area contributed by atoms with Crippen molar-refractivity contribution in [1.82, 2.24) is 9.13 Å². The lowest BCUT2D eigenvalue weighted by atomic mass is 9.98. The minimum atomic E-state index is -0.926. The minimum Gasteiger partial charge on any atom is -0.478 e. The van der Waals surface area contributed by atoms with Gasteiger partial charge in [0.05, 0.1) is 5.56 Å². The van der Waals surface area contributed by atoms with Gasteiger partial charge in [-0.25, -0.2) is 9.59 Å². The van der Waals surface area contributed by atoms with Gasteiger partial charge in [-0.15, -0.1) is 0 Å². The standard InChI is InChI=1S/C27H34N2O3/c1-5-7-12-25-20(4)29(19(3)6-2)27(32)28(25)18-17-21-13-15-22(16-14-21)23-10-8-9-11-24(23)26(30)31/h8-11,13-16,19H,5-7,12,17-18H2,1-4H3,(H,30,31). The van der Waals surface area contributed by atoms with Gasteiger partial charge in [0, 0.05) is 24.0 Å². The molecule has 0 bridgehead atoms. The molecular weight excluding hydrogens is 400 g/mol. The molecule has 2 aromatic carbocycles. The number of rotatable bonds is 10. The number of aromatic carboxylic acids is 1. The summed E-state index contributed by atoms with van der Waals surface area (Å²) in [6.07, 6.45) is 4.77. The number of hydrogen-bond donors (Lipinski definition) is 1. The molecule has 3 rings (SSSR count). The molecule has 1 atom stereocenters. The van der Waals surface area contributed by atoms with Gasteiger partial charge in [0.15, 0.2) is 0 Å². The smallest absolute Gasteiger partial charge is 0.336 e. The third kappa shape index (κ3) is 4.87. The van der Waals surface area contributed by atoms with Crippen LogP contribution in [0.5, 0.6) is 0 Å². The van der Waals surface area contributed by atoms with Gasteiger partial charge in [-0.05, 0) is 62.3 Å². The first kappa shape index (κ1) is 23.6. The first-order chi connectivity index (χ1) is 15.4. The summed E-state index contributed by atoms with van der Waals surface area (Å²) in [5, 5.41) is 9.45. The van der Waals surface area contributed by atoms with E-state index in [4.69, 9.17) is 0 Å². The number of aromatic nitrogens is 2. The summed E-state index contributed by atoms with van der Waals surface area (Å²) in [7, 11) is 0. The summed E-state index contributed by atoms with van der Waals surface area (Å²) in [4.78, 5) is 24.7. The molecule has 32 heavy (non-hydrogen) atoms. The summed E-state index contributed by atoms with van der Waals surface area (Å²) in [6.45, 7) is 9.12. The van der Waals surface area contributed by atoms with E-state index in [0.717, 1.165) is 54.6 Å². The molecule has 1 N–H and O–H groups in total. The molecule has 0 spiro atoms. The zero-order valence-electron chi connectivity index (χ0n) is 19.6. The van der Waals surface area contributed by atoms with Crippen LogP contribution in [0.2, 0.25) is 0 Å². The van der Waals surface area contributed by atoms with Crippen LogP contribution in [0, 0.1) is 6.92 Å². The van der Waals surface area contributed by atoms with Crippen LogP contribution < -0.4 is 5.69 Å². The lowest BCUT2D eigenvalue weighted by molar-refractivity contribution is 0.0697. The predicted molar refractivity (Wildman–Crippen MR) is 130 cm³/mol. The molecule has 1 aromatic heterocycles. The van der Waals surface area contributed by atoms with Crippen LogP contribution in [0.25, 0.3) is 11.1 Å². The van der Waals surface area contributed by atoms with Gasteiger partial charge in [0.25, 0.3) is 0 Å². The number of carbonyl (C=O) groups is 1. The molecule has 0 fully saturated rings. The molecule has 0 saturated carbocycles. The number of imidazole rings is 1. The van der Waals surface area contributed by atoms with Crippen molar-refractivity contribution in [3.63, 3.8) is 0 Å². The van der Waals surface area contributed by atoms with E-state index >= 15 is 0 Å². The van der Waals surface area contributed by atoms with Gasteiger partial charge < -0.3 is 5.11 Å². The number of benzene rings is 2. The first-order valence-electron chi connectivity index (χ1n) is 11.6. The number of hydrogen-bond acceptors (Lipinski definition) is 2. The summed E-state index contributed by atoms with van der Waals surface area (Å²) < 4.78 is 3.92. The monoisotopic (exact) mass is 434 g/mol. The van der Waals surface area contributed by atoms with Crippen LogP contribution in [0.15, 0.2) is 53.3 Å². The summed E-state index contributed by atoms with van der Waals surface area (Å²) in [6, 6.07) is 15.2. The van der Waals surface area contributed by atoms with Crippen molar-refractivity contribution in [3.05, 3.63) is 81.5 Å². The average Bonchev–Trinajstić information content (AvgIpc) is 3.04. The van der Waals surface area contributed by atoms with Gasteiger partial charge in [-0.1, -0.05) is 62.7 Å². The van der Waals surface area contributed by atoms with E-state index in [1.807, 2.05) is 45.5 Å². The first-order valence-corrected chi connectivity index (χ1v) is 11.6. The van der Waals surface area contributed by atoms with Crippen LogP contribution in [0.1, 0.15) is 73.4 Å². The normalized spacial score (nSPS) is 12.1. The number of nitrogens with zero attached hydrogens (tertiary/aromatic N) is 2. The highest BCUT2D eigenvalue weighted by Gasteiger charge is 2.19. The van der Waals surface area contributed by atoms with E-state index < -0.39 is 5.97 Å². The Kier molecular flexibility index (Phi) is 7.73. The van der Waals surface area contributed by atoms with E-state index in [-0.39, 0.29) is 11.7 Å². The molecule has 0 aliphatic rings. The Hall–Kier alpha value is -3.08. The lowest BCUT2D eigenvalue weighted by Crippen LogP contribution is -2.28. The predicted octanol–water partition coefficient (Wildman–Crippen LogP) is 5.88. The van der Waals surface area contributed by atoms with Gasteiger partial charge in [0.2, 0.25) is 0 Å². The van der Waals surface area contributed by atoms with Crippen molar-refractivity contribution >= 4 is 5.97 Å². The van der Waals surface area contributed by atoms with Gasteiger partial charge >= 0.3 is 11.7 Å². The largest absolute Gasteiger partial charge is 0.478 e. The van der Waals surface area contributed by atoms with Crippen molar-refractivity contribution in [2.75, 3.05) is 0 Å². The Labute approximate surface area is 190 Å². The van der Waals surface area contributed by atoms with E-state index in [1.54, 1.807) is 12.1 Å². The maximum absolute atomic E-state index is 13.2. The zero-order chi connectivity index (χ0) is 23.3. The van der Waals surface area contributed by atoms with Crippen LogP contribution >= 0.6 is 0 Å². The highest BCUT2D eigenvalue weighted by molar-refractivity contribution is 5.95. The lowest BCUT2D eigenvalue weighted by Gasteiger charge is -2.11. The number of carboxylic acid groups (broad SMARTS) is 1. The maximum atomic E-state index is 13.2. The molecular formula is C27H34N2O3. The topological polar surface area (TPSA) is 64.2 Å². The number of unbranched alkanes of at least 4 members (excludes halogenated alkanes) is 1. The Balaban J connectivity index is 1.84. The molecule has 5 nitrogen and oxygen atoms in total. The quantitative estimate of drug-likeness (QED) is 0.433. The number of carboxylic acids is 1. The third-order valence-corrected chi connectivity index (χ3v) is 6.39. The molecule has 1 heterocycles. The van der Waals surface area contributed by atoms with Crippen molar-refractivity contribution in [2.45, 2.75) is 72.4 Å². The second-order valence-electron chi connectivity index (χ2n) is 8.49. The SMILES string of the molecule is CCCCc1c(C)n(C(C)CC)c(=O)n1CCc1ccc(-c2ccccc2C(=O)O)cc1. The third-order valence-electron chi connectivity index (χ3n) is 6.39. The van der Waals surface area contributed by atoms with Crippen LogP contribution in [-0.4, -0.2) is 20.2 Å². The Morgan fingerprint density at radius 2 is 1.72 bits per heavy atom. The van der Waals surface area contributed by atoms with Crippen molar-refractivity contribution in [2.24, 2.45) is 0 Å². The highest BCUT2D eigenvalue weighted by Crippen LogP contribution is 2.24. The minimum absolute atomic E-state index is 0.0926. The fraction of sp³-hybridized carbons (Fsp3) is 0.407. The second kappa shape index (κ2) is 10.5. The highest BCUT2D eigenvalue weighted by atomic mass is 16.4. The van der Waals surface area contributed by atoms with Crippen molar-refractivity contribution in [3.8, 4) is 11.1 Å².